The van der Waals surface area contributed by atoms with Gasteiger partial charge in [-0.2, -0.15) is 5.26 Å². The van der Waals surface area contributed by atoms with Crippen molar-refractivity contribution in [2.75, 3.05) is 5.75 Å². The number of fused-ring (bicyclic) bond motifs is 1. The summed E-state index contributed by atoms with van der Waals surface area (Å²) in [5.74, 6) is 0.848. The zero-order valence-electron chi connectivity index (χ0n) is 13.9. The first-order valence-corrected chi connectivity index (χ1v) is 9.31. The molecule has 0 spiro atoms. The first kappa shape index (κ1) is 17.2. The highest BCUT2D eigenvalue weighted by Gasteiger charge is 2.11. The van der Waals surface area contributed by atoms with E-state index in [1.165, 1.54) is 0 Å². The molecule has 0 radical (unpaired) electrons. The second-order valence-electron chi connectivity index (χ2n) is 5.75. The van der Waals surface area contributed by atoms with Crippen molar-refractivity contribution in [1.82, 2.24) is 9.55 Å². The zero-order chi connectivity index (χ0) is 17.5. The van der Waals surface area contributed by atoms with Gasteiger partial charge in [0.15, 0.2) is 5.16 Å². The van der Waals surface area contributed by atoms with Crippen molar-refractivity contribution >= 4 is 22.7 Å². The molecule has 0 aliphatic rings. The highest BCUT2D eigenvalue weighted by Crippen LogP contribution is 2.20. The number of hydrogen-bond acceptors (Lipinski definition) is 4. The summed E-state index contributed by atoms with van der Waals surface area (Å²) in [4.78, 5) is 17.7. The smallest absolute Gasteiger partial charge is 0.262 e. The second kappa shape index (κ2) is 8.50. The van der Waals surface area contributed by atoms with Crippen molar-refractivity contribution in [2.45, 2.75) is 31.0 Å². The lowest BCUT2D eigenvalue weighted by Gasteiger charge is -2.13. The SMILES string of the molecule is N#CCCCCSc1nc2ccccc2c(=O)n1Cc1ccccc1. The summed E-state index contributed by atoms with van der Waals surface area (Å²) in [6.45, 7) is 0.512. The second-order valence-corrected chi connectivity index (χ2v) is 6.81. The zero-order valence-corrected chi connectivity index (χ0v) is 14.7. The molecule has 0 aliphatic heterocycles. The molecule has 0 atom stereocenters. The van der Waals surface area contributed by atoms with E-state index in [-0.39, 0.29) is 5.56 Å². The van der Waals surface area contributed by atoms with E-state index < -0.39 is 0 Å². The van der Waals surface area contributed by atoms with Gasteiger partial charge in [-0.1, -0.05) is 54.2 Å². The fourth-order valence-electron chi connectivity index (χ4n) is 2.63. The van der Waals surface area contributed by atoms with Gasteiger partial charge in [-0.25, -0.2) is 4.98 Å². The van der Waals surface area contributed by atoms with Crippen molar-refractivity contribution < 1.29 is 0 Å². The molecule has 2 aromatic carbocycles. The van der Waals surface area contributed by atoms with Crippen LogP contribution in [0.25, 0.3) is 10.9 Å². The largest absolute Gasteiger partial charge is 0.283 e. The third kappa shape index (κ3) is 4.28. The first-order chi connectivity index (χ1) is 12.3. The lowest BCUT2D eigenvalue weighted by atomic mass is 10.2. The highest BCUT2D eigenvalue weighted by atomic mass is 32.2. The third-order valence-corrected chi connectivity index (χ3v) is 4.99. The summed E-state index contributed by atoms with van der Waals surface area (Å²) in [5, 5.41) is 10.0. The minimum Gasteiger partial charge on any atom is -0.283 e. The van der Waals surface area contributed by atoms with Crippen molar-refractivity contribution in [2.24, 2.45) is 0 Å². The van der Waals surface area contributed by atoms with Crippen LogP contribution >= 0.6 is 11.8 Å². The van der Waals surface area contributed by atoms with Gasteiger partial charge in [-0.3, -0.25) is 9.36 Å². The molecule has 0 unspecified atom stereocenters. The minimum absolute atomic E-state index is 0.00558. The van der Waals surface area contributed by atoms with Crippen molar-refractivity contribution in [3.8, 4) is 6.07 Å². The van der Waals surface area contributed by atoms with E-state index >= 15 is 0 Å². The Balaban J connectivity index is 1.93. The van der Waals surface area contributed by atoms with Crippen LogP contribution in [0.5, 0.6) is 0 Å². The molecule has 3 rings (SSSR count). The first-order valence-electron chi connectivity index (χ1n) is 8.33. The molecule has 1 aromatic heterocycles. The summed E-state index contributed by atoms with van der Waals surface area (Å²) in [6, 6.07) is 19.6. The summed E-state index contributed by atoms with van der Waals surface area (Å²) >= 11 is 1.59. The third-order valence-electron chi connectivity index (χ3n) is 3.92. The van der Waals surface area contributed by atoms with Crippen LogP contribution in [0.1, 0.15) is 24.8 Å². The number of thioether (sulfide) groups is 1. The normalized spacial score (nSPS) is 10.7. The van der Waals surface area contributed by atoms with Crippen LogP contribution in [0, 0.1) is 11.3 Å². The Hall–Kier alpha value is -2.58. The van der Waals surface area contributed by atoms with Gasteiger partial charge < -0.3 is 0 Å². The van der Waals surface area contributed by atoms with E-state index in [1.54, 1.807) is 16.3 Å². The highest BCUT2D eigenvalue weighted by molar-refractivity contribution is 7.99. The monoisotopic (exact) mass is 349 g/mol. The van der Waals surface area contributed by atoms with Crippen molar-refractivity contribution in [1.29, 1.82) is 5.26 Å². The number of unbranched alkanes of at least 4 members (excludes halogenated alkanes) is 2. The maximum Gasteiger partial charge on any atom is 0.262 e. The van der Waals surface area contributed by atoms with Crippen molar-refractivity contribution in [3.63, 3.8) is 0 Å². The Morgan fingerprint density at radius 3 is 2.60 bits per heavy atom. The summed E-state index contributed by atoms with van der Waals surface area (Å²) in [7, 11) is 0. The number of nitriles is 1. The number of rotatable bonds is 7. The van der Waals surface area contributed by atoms with Crippen LogP contribution in [0.3, 0.4) is 0 Å². The number of nitrogens with zero attached hydrogens (tertiary/aromatic N) is 3. The fourth-order valence-corrected chi connectivity index (χ4v) is 3.63. The van der Waals surface area contributed by atoms with Crippen LogP contribution in [0.4, 0.5) is 0 Å². The molecular weight excluding hydrogens is 330 g/mol. The molecule has 3 aromatic rings. The molecule has 0 fully saturated rings. The van der Waals surface area contributed by atoms with Crippen molar-refractivity contribution in [3.05, 3.63) is 70.5 Å². The van der Waals surface area contributed by atoms with Gasteiger partial charge in [-0.05, 0) is 30.5 Å². The molecule has 25 heavy (non-hydrogen) atoms. The van der Waals surface area contributed by atoms with E-state index in [0.717, 1.165) is 34.8 Å². The Bertz CT molecular complexity index is 945. The van der Waals surface area contributed by atoms with Gasteiger partial charge in [0, 0.05) is 12.2 Å². The lowest BCUT2D eigenvalue weighted by Crippen LogP contribution is -2.24. The van der Waals surface area contributed by atoms with E-state index in [1.807, 2.05) is 54.6 Å². The Morgan fingerprint density at radius 1 is 1.04 bits per heavy atom. The van der Waals surface area contributed by atoms with Crippen LogP contribution in [-0.2, 0) is 6.54 Å². The van der Waals surface area contributed by atoms with E-state index in [0.29, 0.717) is 18.4 Å². The van der Waals surface area contributed by atoms with Gasteiger partial charge in [0.1, 0.15) is 0 Å². The molecule has 0 aliphatic carbocycles. The lowest BCUT2D eigenvalue weighted by molar-refractivity contribution is 0.657. The summed E-state index contributed by atoms with van der Waals surface area (Å²) in [6.07, 6.45) is 2.38. The van der Waals surface area contributed by atoms with Gasteiger partial charge in [0.25, 0.3) is 5.56 Å². The Kier molecular flexibility index (Phi) is 5.86. The number of para-hydroxylation sites is 1. The predicted molar refractivity (Wildman–Crippen MR) is 102 cm³/mol. The summed E-state index contributed by atoms with van der Waals surface area (Å²) in [5.41, 5.74) is 1.80. The average molecular weight is 349 g/mol. The topological polar surface area (TPSA) is 58.7 Å². The van der Waals surface area contributed by atoms with Crippen LogP contribution in [0.2, 0.25) is 0 Å². The van der Waals surface area contributed by atoms with Crippen LogP contribution < -0.4 is 5.56 Å². The van der Waals surface area contributed by atoms with Gasteiger partial charge >= 0.3 is 0 Å². The van der Waals surface area contributed by atoms with Crippen LogP contribution in [0.15, 0.2) is 64.5 Å². The van der Waals surface area contributed by atoms with Crippen LogP contribution in [-0.4, -0.2) is 15.3 Å². The standard InChI is InChI=1S/C20H19N3OS/c21-13-7-2-8-14-25-20-22-18-12-6-5-11-17(18)19(24)23(20)15-16-9-3-1-4-10-16/h1,3-6,9-12H,2,7-8,14-15H2. The Labute approximate surface area is 151 Å². The maximum atomic E-state index is 13.0. The molecule has 4 nitrogen and oxygen atoms in total. The molecular formula is C20H19N3OS. The maximum absolute atomic E-state index is 13.0. The molecule has 0 amide bonds. The number of aromatic nitrogens is 2. The van der Waals surface area contributed by atoms with E-state index in [9.17, 15) is 4.79 Å². The van der Waals surface area contributed by atoms with Gasteiger partial charge in [-0.15, -0.1) is 0 Å². The molecule has 5 heteroatoms. The molecule has 1 heterocycles. The number of hydrogen-bond donors (Lipinski definition) is 0. The molecule has 0 saturated carbocycles. The van der Waals surface area contributed by atoms with Gasteiger partial charge in [0.05, 0.1) is 23.5 Å². The Morgan fingerprint density at radius 2 is 1.80 bits per heavy atom. The molecule has 0 N–H and O–H groups in total. The van der Waals surface area contributed by atoms with E-state index in [4.69, 9.17) is 10.2 Å². The van der Waals surface area contributed by atoms with Gasteiger partial charge in [0.2, 0.25) is 0 Å². The molecule has 126 valence electrons. The minimum atomic E-state index is -0.00558. The fraction of sp³-hybridized carbons (Fsp3) is 0.250. The number of benzene rings is 2. The van der Waals surface area contributed by atoms with E-state index in [2.05, 4.69) is 6.07 Å². The molecule has 0 bridgehead atoms. The average Bonchev–Trinajstić information content (AvgIpc) is 2.65. The molecule has 0 saturated heterocycles. The summed E-state index contributed by atoms with van der Waals surface area (Å²) < 4.78 is 1.76. The predicted octanol–water partition coefficient (Wildman–Crippen LogP) is 4.23. The quantitative estimate of drug-likeness (QED) is 0.364.